The molecule has 1 atom stereocenters. The summed E-state index contributed by atoms with van der Waals surface area (Å²) in [6.45, 7) is 5.37. The number of amides is 4. The third-order valence-electron chi connectivity index (χ3n) is 4.10. The normalized spacial score (nSPS) is 20.2. The Hall–Kier alpha value is -1.79. The number of nitrogens with zero attached hydrogens (tertiary/aromatic N) is 1. The maximum absolute atomic E-state index is 12.6. The molecule has 6 nitrogen and oxygen atoms in total. The number of nitrogens with one attached hydrogen (secondary N) is 2. The van der Waals surface area contributed by atoms with E-state index in [0.29, 0.717) is 12.3 Å². The lowest BCUT2D eigenvalue weighted by atomic mass is 9.92. The lowest BCUT2D eigenvalue weighted by Gasteiger charge is -2.22. The molecule has 0 aromatic heterocycles. The van der Waals surface area contributed by atoms with Gasteiger partial charge in [0.15, 0.2) is 0 Å². The van der Waals surface area contributed by atoms with Crippen LogP contribution in [0.3, 0.4) is 0 Å². The van der Waals surface area contributed by atoms with Crippen LogP contribution in [0.15, 0.2) is 18.2 Å². The molecule has 0 bridgehead atoms. The van der Waals surface area contributed by atoms with E-state index in [1.807, 2.05) is 13.8 Å². The molecule has 4 amide bonds. The van der Waals surface area contributed by atoms with Gasteiger partial charge in [-0.3, -0.25) is 14.5 Å². The topological polar surface area (TPSA) is 78.5 Å². The smallest absolute Gasteiger partial charge is 0.323 e. The van der Waals surface area contributed by atoms with Crippen molar-refractivity contribution < 1.29 is 14.4 Å². The number of hydrogen-bond donors (Lipinski definition) is 2. The van der Waals surface area contributed by atoms with Gasteiger partial charge in [-0.25, -0.2) is 4.79 Å². The van der Waals surface area contributed by atoms with Crippen LogP contribution in [0.4, 0.5) is 10.5 Å². The number of carbonyl (C=O) groups excluding carboxylic acids is 3. The molecule has 0 saturated carbocycles. The van der Waals surface area contributed by atoms with E-state index in [4.69, 9.17) is 23.2 Å². The molecule has 1 saturated heterocycles. The Labute approximate surface area is 156 Å². The maximum atomic E-state index is 12.6. The molecule has 0 aliphatic carbocycles. The fourth-order valence-electron chi connectivity index (χ4n) is 2.58. The summed E-state index contributed by atoms with van der Waals surface area (Å²) < 4.78 is 0. The number of hydrogen-bond acceptors (Lipinski definition) is 3. The second-order valence-corrected chi connectivity index (χ2v) is 7.55. The van der Waals surface area contributed by atoms with Gasteiger partial charge in [0.1, 0.15) is 12.1 Å². The van der Waals surface area contributed by atoms with Gasteiger partial charge in [0, 0.05) is 0 Å². The number of benzene rings is 1. The Morgan fingerprint density at radius 3 is 2.44 bits per heavy atom. The van der Waals surface area contributed by atoms with E-state index >= 15 is 0 Å². The van der Waals surface area contributed by atoms with Gasteiger partial charge < -0.3 is 10.6 Å². The van der Waals surface area contributed by atoms with E-state index in [-0.39, 0.29) is 15.7 Å². The van der Waals surface area contributed by atoms with Gasteiger partial charge in [-0.1, -0.05) is 43.1 Å². The van der Waals surface area contributed by atoms with Crippen molar-refractivity contribution in [1.82, 2.24) is 10.2 Å². The lowest BCUT2D eigenvalue weighted by molar-refractivity contribution is -0.133. The number of halogens is 2. The number of anilines is 1. The van der Waals surface area contributed by atoms with Crippen molar-refractivity contribution in [2.45, 2.75) is 39.2 Å². The predicted molar refractivity (Wildman–Crippen MR) is 97.8 cm³/mol. The monoisotopic (exact) mass is 385 g/mol. The SMILES string of the molecule is CC(C)CC[C@]1(C)NC(=O)N(CC(=O)Nc2c(Cl)cccc2Cl)C1=O. The third kappa shape index (κ3) is 4.44. The number of carbonyl (C=O) groups is 3. The summed E-state index contributed by atoms with van der Waals surface area (Å²) in [7, 11) is 0. The van der Waals surface area contributed by atoms with Crippen LogP contribution in [0.25, 0.3) is 0 Å². The highest BCUT2D eigenvalue weighted by molar-refractivity contribution is 6.39. The second-order valence-electron chi connectivity index (χ2n) is 6.73. The molecule has 25 heavy (non-hydrogen) atoms. The molecule has 0 unspecified atom stereocenters. The van der Waals surface area contributed by atoms with Crippen molar-refractivity contribution in [1.29, 1.82) is 0 Å². The van der Waals surface area contributed by atoms with Crippen molar-refractivity contribution in [2.75, 3.05) is 11.9 Å². The summed E-state index contributed by atoms with van der Waals surface area (Å²) in [6, 6.07) is 4.24. The van der Waals surface area contributed by atoms with E-state index in [2.05, 4.69) is 10.6 Å². The van der Waals surface area contributed by atoms with Crippen molar-refractivity contribution in [2.24, 2.45) is 5.92 Å². The minimum Gasteiger partial charge on any atom is -0.323 e. The predicted octanol–water partition coefficient (Wildman–Crippen LogP) is 3.68. The van der Waals surface area contributed by atoms with Gasteiger partial charge >= 0.3 is 6.03 Å². The number of urea groups is 1. The summed E-state index contributed by atoms with van der Waals surface area (Å²) in [5.74, 6) is -0.550. The molecule has 1 fully saturated rings. The van der Waals surface area contributed by atoms with Crippen LogP contribution in [-0.2, 0) is 9.59 Å². The van der Waals surface area contributed by atoms with Crippen LogP contribution in [0.5, 0.6) is 0 Å². The maximum Gasteiger partial charge on any atom is 0.325 e. The second kappa shape index (κ2) is 7.62. The standard InChI is InChI=1S/C17H21Cl2N3O3/c1-10(2)7-8-17(3)15(24)22(16(25)21-17)9-13(23)20-14-11(18)5-4-6-12(14)19/h4-6,10H,7-9H2,1-3H3,(H,20,23)(H,21,25)/t17-/m0/s1. The summed E-state index contributed by atoms with van der Waals surface area (Å²) in [6.07, 6.45) is 1.31. The molecule has 2 N–H and O–H groups in total. The Bertz CT molecular complexity index is 688. The molecule has 2 rings (SSSR count). The average Bonchev–Trinajstić information content (AvgIpc) is 2.73. The fraction of sp³-hybridized carbons (Fsp3) is 0.471. The van der Waals surface area contributed by atoms with Crippen LogP contribution < -0.4 is 10.6 Å². The van der Waals surface area contributed by atoms with Crippen molar-refractivity contribution in [3.63, 3.8) is 0 Å². The average molecular weight is 386 g/mol. The minimum atomic E-state index is -0.982. The van der Waals surface area contributed by atoms with Gasteiger partial charge in [-0.05, 0) is 37.8 Å². The Morgan fingerprint density at radius 1 is 1.28 bits per heavy atom. The van der Waals surface area contributed by atoms with Crippen LogP contribution in [0.2, 0.25) is 10.0 Å². The minimum absolute atomic E-state index is 0.255. The lowest BCUT2D eigenvalue weighted by Crippen LogP contribution is -2.44. The molecule has 1 heterocycles. The first-order chi connectivity index (χ1) is 11.6. The summed E-state index contributed by atoms with van der Waals surface area (Å²) in [5.41, 5.74) is -0.727. The quantitative estimate of drug-likeness (QED) is 0.733. The Balaban J connectivity index is 2.06. The zero-order valence-corrected chi connectivity index (χ0v) is 15.9. The molecule has 1 aromatic rings. The van der Waals surface area contributed by atoms with Crippen molar-refractivity contribution in [3.05, 3.63) is 28.2 Å². The van der Waals surface area contributed by atoms with Crippen LogP contribution in [-0.4, -0.2) is 34.8 Å². The highest BCUT2D eigenvalue weighted by Crippen LogP contribution is 2.30. The first-order valence-electron chi connectivity index (χ1n) is 8.02. The molecule has 0 radical (unpaired) electrons. The fourth-order valence-corrected chi connectivity index (χ4v) is 3.07. The largest absolute Gasteiger partial charge is 0.325 e. The van der Waals surface area contributed by atoms with E-state index in [1.165, 1.54) is 0 Å². The molecule has 1 aromatic carbocycles. The summed E-state index contributed by atoms with van der Waals surface area (Å²) in [5, 5.41) is 5.79. The van der Waals surface area contributed by atoms with Gasteiger partial charge in [0.05, 0.1) is 15.7 Å². The van der Waals surface area contributed by atoms with Gasteiger partial charge in [-0.15, -0.1) is 0 Å². The molecular weight excluding hydrogens is 365 g/mol. The molecular formula is C17H21Cl2N3O3. The van der Waals surface area contributed by atoms with Gasteiger partial charge in [-0.2, -0.15) is 0 Å². The third-order valence-corrected chi connectivity index (χ3v) is 4.73. The van der Waals surface area contributed by atoms with Crippen LogP contribution >= 0.6 is 23.2 Å². The number of para-hydroxylation sites is 1. The first-order valence-corrected chi connectivity index (χ1v) is 8.77. The zero-order valence-electron chi connectivity index (χ0n) is 14.4. The van der Waals surface area contributed by atoms with E-state index in [9.17, 15) is 14.4 Å². The number of rotatable bonds is 6. The van der Waals surface area contributed by atoms with Crippen molar-refractivity contribution >= 4 is 46.7 Å². The number of imide groups is 1. The first kappa shape index (κ1) is 19.5. The van der Waals surface area contributed by atoms with E-state index in [1.54, 1.807) is 25.1 Å². The van der Waals surface area contributed by atoms with Crippen LogP contribution in [0.1, 0.15) is 33.6 Å². The molecule has 136 valence electrons. The summed E-state index contributed by atoms with van der Waals surface area (Å²) in [4.78, 5) is 37.9. The summed E-state index contributed by atoms with van der Waals surface area (Å²) >= 11 is 12.0. The van der Waals surface area contributed by atoms with Gasteiger partial charge in [0.2, 0.25) is 5.91 Å². The molecule has 8 heteroatoms. The van der Waals surface area contributed by atoms with Crippen LogP contribution in [0, 0.1) is 5.92 Å². The Kier molecular flexibility index (Phi) is 5.95. The molecule has 0 spiro atoms. The molecule has 1 aliphatic rings. The Morgan fingerprint density at radius 2 is 1.88 bits per heavy atom. The van der Waals surface area contributed by atoms with E-state index in [0.717, 1.165) is 11.3 Å². The highest BCUT2D eigenvalue weighted by Gasteiger charge is 2.47. The molecule has 1 aliphatic heterocycles. The van der Waals surface area contributed by atoms with Crippen molar-refractivity contribution in [3.8, 4) is 0 Å². The van der Waals surface area contributed by atoms with E-state index < -0.39 is 29.9 Å². The zero-order chi connectivity index (χ0) is 18.8. The highest BCUT2D eigenvalue weighted by atomic mass is 35.5. The van der Waals surface area contributed by atoms with Gasteiger partial charge in [0.25, 0.3) is 5.91 Å².